The molecule has 98 valence electrons. The molecule has 1 aliphatic rings. The number of nitrogens with zero attached hydrogens (tertiary/aromatic N) is 1. The third kappa shape index (κ3) is 4.36. The van der Waals surface area contributed by atoms with Crippen LogP contribution in [0.4, 0.5) is 0 Å². The van der Waals surface area contributed by atoms with Gasteiger partial charge >= 0.3 is 0 Å². The van der Waals surface area contributed by atoms with Gasteiger partial charge < -0.3 is 9.73 Å². The lowest BCUT2D eigenvalue weighted by Crippen LogP contribution is -2.45. The van der Waals surface area contributed by atoms with Crippen LogP contribution in [-0.4, -0.2) is 31.1 Å². The van der Waals surface area contributed by atoms with Crippen molar-refractivity contribution in [3.05, 3.63) is 36.8 Å². The van der Waals surface area contributed by atoms with Crippen LogP contribution in [0.3, 0.4) is 0 Å². The Morgan fingerprint density at radius 1 is 1.41 bits per heavy atom. The summed E-state index contributed by atoms with van der Waals surface area (Å²) in [5.41, 5.74) is 0. The predicted molar refractivity (Wildman–Crippen MR) is 75.2 cm³/mol. The van der Waals surface area contributed by atoms with E-state index in [0.717, 1.165) is 38.4 Å². The van der Waals surface area contributed by atoms with Crippen molar-refractivity contribution < 1.29 is 4.42 Å². The molecule has 5 heteroatoms. The molecule has 0 saturated carbocycles. The first-order valence-corrected chi connectivity index (χ1v) is 5.51. The highest BCUT2D eigenvalue weighted by Gasteiger charge is 2.22. The van der Waals surface area contributed by atoms with E-state index in [9.17, 15) is 0 Å². The van der Waals surface area contributed by atoms with Crippen molar-refractivity contribution in [2.45, 2.75) is 12.5 Å². The molecule has 0 aromatic carbocycles. The highest BCUT2D eigenvalue weighted by molar-refractivity contribution is 5.85. The Morgan fingerprint density at radius 2 is 2.12 bits per heavy atom. The van der Waals surface area contributed by atoms with Crippen LogP contribution in [0.25, 0.3) is 0 Å². The van der Waals surface area contributed by atoms with E-state index >= 15 is 0 Å². The summed E-state index contributed by atoms with van der Waals surface area (Å²) in [6, 6.07) is 4.36. The van der Waals surface area contributed by atoms with Crippen molar-refractivity contribution in [2.24, 2.45) is 0 Å². The molecule has 0 bridgehead atoms. The van der Waals surface area contributed by atoms with Crippen molar-refractivity contribution in [2.75, 3.05) is 26.2 Å². The van der Waals surface area contributed by atoms with Crippen LogP contribution >= 0.6 is 24.8 Å². The lowest BCUT2D eigenvalue weighted by atomic mass is 10.1. The number of piperazine rings is 1. The third-order valence-electron chi connectivity index (χ3n) is 2.85. The Morgan fingerprint density at radius 3 is 2.65 bits per heavy atom. The minimum absolute atomic E-state index is 0. The smallest absolute Gasteiger partial charge is 0.121 e. The van der Waals surface area contributed by atoms with E-state index in [4.69, 9.17) is 4.42 Å². The highest BCUT2D eigenvalue weighted by Crippen LogP contribution is 2.25. The molecule has 1 N–H and O–H groups in total. The van der Waals surface area contributed by atoms with Crippen molar-refractivity contribution in [1.29, 1.82) is 0 Å². The minimum atomic E-state index is 0. The summed E-state index contributed by atoms with van der Waals surface area (Å²) < 4.78 is 5.49. The number of furan rings is 1. The van der Waals surface area contributed by atoms with E-state index < -0.39 is 0 Å². The van der Waals surface area contributed by atoms with E-state index in [-0.39, 0.29) is 24.8 Å². The van der Waals surface area contributed by atoms with Gasteiger partial charge in [-0.1, -0.05) is 6.08 Å². The zero-order valence-corrected chi connectivity index (χ0v) is 11.4. The molecule has 1 fully saturated rings. The second-order valence-electron chi connectivity index (χ2n) is 3.84. The van der Waals surface area contributed by atoms with Crippen LogP contribution in [0.15, 0.2) is 35.5 Å². The van der Waals surface area contributed by atoms with E-state index in [1.165, 1.54) is 0 Å². The Bertz CT molecular complexity index is 297. The molecule has 1 aromatic heterocycles. The standard InChI is InChI=1S/C12H18N2O.2ClH/c1-2-4-11(12-5-3-10-15-12)14-8-6-13-7-9-14;;/h2-3,5,10-11,13H,1,4,6-9H2;2*1H/t11-;;/m0../s1. The molecule has 2 rings (SSSR count). The lowest BCUT2D eigenvalue weighted by molar-refractivity contribution is 0.155. The molecule has 0 radical (unpaired) electrons. The average molecular weight is 279 g/mol. The van der Waals surface area contributed by atoms with Gasteiger partial charge in [0.1, 0.15) is 5.76 Å². The highest BCUT2D eigenvalue weighted by atomic mass is 35.5. The van der Waals surface area contributed by atoms with E-state index in [1.54, 1.807) is 6.26 Å². The van der Waals surface area contributed by atoms with Gasteiger partial charge in [-0.15, -0.1) is 31.4 Å². The van der Waals surface area contributed by atoms with Gasteiger partial charge in [0.05, 0.1) is 12.3 Å². The van der Waals surface area contributed by atoms with Gasteiger partial charge in [0.15, 0.2) is 0 Å². The monoisotopic (exact) mass is 278 g/mol. The van der Waals surface area contributed by atoms with Gasteiger partial charge in [0.25, 0.3) is 0 Å². The fourth-order valence-corrected chi connectivity index (χ4v) is 2.08. The first kappa shape index (κ1) is 16.5. The van der Waals surface area contributed by atoms with Crippen molar-refractivity contribution in [1.82, 2.24) is 10.2 Å². The maximum absolute atomic E-state index is 5.49. The SMILES string of the molecule is C=CC[C@@H](c1ccco1)N1CCNCC1.Cl.Cl. The molecule has 2 heterocycles. The largest absolute Gasteiger partial charge is 0.468 e. The van der Waals surface area contributed by atoms with E-state index in [1.807, 2.05) is 12.1 Å². The molecule has 17 heavy (non-hydrogen) atoms. The van der Waals surface area contributed by atoms with Crippen molar-refractivity contribution in [3.63, 3.8) is 0 Å². The minimum Gasteiger partial charge on any atom is -0.468 e. The number of rotatable bonds is 4. The fraction of sp³-hybridized carbons (Fsp3) is 0.500. The topological polar surface area (TPSA) is 28.4 Å². The first-order valence-electron chi connectivity index (χ1n) is 5.51. The summed E-state index contributed by atoms with van der Waals surface area (Å²) in [6.07, 6.45) is 4.66. The summed E-state index contributed by atoms with van der Waals surface area (Å²) in [5.74, 6) is 1.05. The molecular formula is C12H20Cl2N2O. The van der Waals surface area contributed by atoms with Crippen LogP contribution in [0.2, 0.25) is 0 Å². The summed E-state index contributed by atoms with van der Waals surface area (Å²) in [5, 5.41) is 3.36. The Balaban J connectivity index is 0.00000128. The number of nitrogens with one attached hydrogen (secondary N) is 1. The summed E-state index contributed by atoms with van der Waals surface area (Å²) in [7, 11) is 0. The molecule has 1 atom stereocenters. The summed E-state index contributed by atoms with van der Waals surface area (Å²) in [6.45, 7) is 8.11. The molecule has 1 aromatic rings. The second kappa shape index (κ2) is 8.59. The van der Waals surface area contributed by atoms with Crippen LogP contribution in [-0.2, 0) is 0 Å². The Labute approximate surface area is 115 Å². The number of halogens is 2. The van der Waals surface area contributed by atoms with Gasteiger partial charge in [0, 0.05) is 26.2 Å². The van der Waals surface area contributed by atoms with Gasteiger partial charge in [-0.25, -0.2) is 0 Å². The Hall–Kier alpha value is -0.480. The normalized spacial score (nSPS) is 17.6. The zero-order valence-electron chi connectivity index (χ0n) is 9.80. The molecule has 1 aliphatic heterocycles. The van der Waals surface area contributed by atoms with Crippen LogP contribution in [0.5, 0.6) is 0 Å². The van der Waals surface area contributed by atoms with Crippen LogP contribution in [0, 0.1) is 0 Å². The van der Waals surface area contributed by atoms with Crippen LogP contribution < -0.4 is 5.32 Å². The number of hydrogen-bond acceptors (Lipinski definition) is 3. The van der Waals surface area contributed by atoms with Gasteiger partial charge in [-0.3, -0.25) is 4.90 Å². The molecule has 0 aliphatic carbocycles. The van der Waals surface area contributed by atoms with Crippen molar-refractivity contribution >= 4 is 24.8 Å². The zero-order chi connectivity index (χ0) is 10.5. The summed E-state index contributed by atoms with van der Waals surface area (Å²) >= 11 is 0. The quantitative estimate of drug-likeness (QED) is 0.859. The fourth-order valence-electron chi connectivity index (χ4n) is 2.08. The number of hydrogen-bond donors (Lipinski definition) is 1. The molecule has 0 amide bonds. The predicted octanol–water partition coefficient (Wildman–Crippen LogP) is 2.65. The van der Waals surface area contributed by atoms with Gasteiger partial charge in [-0.2, -0.15) is 0 Å². The van der Waals surface area contributed by atoms with Gasteiger partial charge in [-0.05, 0) is 18.6 Å². The molecule has 0 unspecified atom stereocenters. The third-order valence-corrected chi connectivity index (χ3v) is 2.85. The maximum Gasteiger partial charge on any atom is 0.121 e. The van der Waals surface area contributed by atoms with Crippen LogP contribution in [0.1, 0.15) is 18.2 Å². The summed E-state index contributed by atoms with van der Waals surface area (Å²) in [4.78, 5) is 2.46. The molecular weight excluding hydrogens is 259 g/mol. The van der Waals surface area contributed by atoms with E-state index in [2.05, 4.69) is 22.9 Å². The molecule has 0 spiro atoms. The first-order chi connectivity index (χ1) is 7.42. The second-order valence-corrected chi connectivity index (χ2v) is 3.84. The maximum atomic E-state index is 5.49. The Kier molecular flexibility index (Phi) is 8.35. The average Bonchev–Trinajstić information content (AvgIpc) is 2.80. The van der Waals surface area contributed by atoms with Gasteiger partial charge in [0.2, 0.25) is 0 Å². The van der Waals surface area contributed by atoms with E-state index in [0.29, 0.717) is 6.04 Å². The lowest BCUT2D eigenvalue weighted by Gasteiger charge is -2.33. The molecule has 3 nitrogen and oxygen atoms in total. The molecule has 1 saturated heterocycles. The van der Waals surface area contributed by atoms with Crippen molar-refractivity contribution in [3.8, 4) is 0 Å².